The van der Waals surface area contributed by atoms with Crippen LogP contribution in [0.3, 0.4) is 0 Å². The van der Waals surface area contributed by atoms with Crippen LogP contribution in [-0.4, -0.2) is 17.5 Å². The molecule has 1 aliphatic heterocycles. The van der Waals surface area contributed by atoms with Crippen molar-refractivity contribution in [3.63, 3.8) is 0 Å². The Morgan fingerprint density at radius 1 is 1.16 bits per heavy atom. The molecule has 1 unspecified atom stereocenters. The Balaban J connectivity index is 1.54. The first-order valence-corrected chi connectivity index (χ1v) is 8.29. The van der Waals surface area contributed by atoms with Gasteiger partial charge in [0.1, 0.15) is 0 Å². The number of rotatable bonds is 4. The number of amidine groups is 1. The zero-order chi connectivity index (χ0) is 12.9. The molecule has 2 heterocycles. The van der Waals surface area contributed by atoms with Gasteiger partial charge in [0.25, 0.3) is 0 Å². The van der Waals surface area contributed by atoms with Gasteiger partial charge < -0.3 is 5.32 Å². The Bertz CT molecular complexity index is 535. The minimum atomic E-state index is 0.409. The van der Waals surface area contributed by atoms with E-state index in [2.05, 4.69) is 58.2 Å². The first-order valence-electron chi connectivity index (χ1n) is 6.43. The number of aliphatic imine (C=N–C) groups is 1. The second-order valence-corrected chi connectivity index (χ2v) is 6.48. The quantitative estimate of drug-likeness (QED) is 0.927. The van der Waals surface area contributed by atoms with E-state index >= 15 is 0 Å². The van der Waals surface area contributed by atoms with Gasteiger partial charge >= 0.3 is 0 Å². The zero-order valence-electron chi connectivity index (χ0n) is 10.6. The highest BCUT2D eigenvalue weighted by atomic mass is 32.2. The monoisotopic (exact) mass is 288 g/mol. The topological polar surface area (TPSA) is 24.4 Å². The van der Waals surface area contributed by atoms with Gasteiger partial charge in [-0.15, -0.1) is 11.3 Å². The number of thiophene rings is 1. The molecule has 19 heavy (non-hydrogen) atoms. The third-order valence-electron chi connectivity index (χ3n) is 3.08. The van der Waals surface area contributed by atoms with E-state index in [9.17, 15) is 0 Å². The second-order valence-electron chi connectivity index (χ2n) is 4.43. The van der Waals surface area contributed by atoms with Gasteiger partial charge in [0.05, 0.1) is 6.04 Å². The Morgan fingerprint density at radius 2 is 2.05 bits per heavy atom. The minimum absolute atomic E-state index is 0.409. The third-order valence-corrected chi connectivity index (χ3v) is 5.04. The first kappa shape index (κ1) is 12.8. The van der Waals surface area contributed by atoms with Crippen LogP contribution < -0.4 is 5.32 Å². The van der Waals surface area contributed by atoms with Crippen molar-refractivity contribution in [1.29, 1.82) is 0 Å². The van der Waals surface area contributed by atoms with E-state index in [0.29, 0.717) is 6.04 Å². The van der Waals surface area contributed by atoms with Crippen molar-refractivity contribution in [2.75, 3.05) is 12.3 Å². The summed E-state index contributed by atoms with van der Waals surface area (Å²) in [6.45, 7) is 0.872. The maximum atomic E-state index is 4.65. The fraction of sp³-hybridized carbons (Fsp3) is 0.267. The van der Waals surface area contributed by atoms with E-state index in [1.54, 1.807) is 11.3 Å². The van der Waals surface area contributed by atoms with Crippen molar-refractivity contribution >= 4 is 28.3 Å². The molecule has 0 spiro atoms. The highest BCUT2D eigenvalue weighted by Gasteiger charge is 2.21. The lowest BCUT2D eigenvalue weighted by Gasteiger charge is -2.09. The molecular formula is C15H16N2S2. The van der Waals surface area contributed by atoms with E-state index in [1.807, 2.05) is 11.8 Å². The summed E-state index contributed by atoms with van der Waals surface area (Å²) in [6.07, 6.45) is 1.04. The predicted molar refractivity (Wildman–Crippen MR) is 85.1 cm³/mol. The van der Waals surface area contributed by atoms with Crippen LogP contribution >= 0.6 is 23.1 Å². The molecule has 1 aliphatic rings. The van der Waals surface area contributed by atoms with E-state index in [4.69, 9.17) is 0 Å². The predicted octanol–water partition coefficient (Wildman–Crippen LogP) is 3.72. The van der Waals surface area contributed by atoms with Crippen LogP contribution in [0.25, 0.3) is 0 Å². The van der Waals surface area contributed by atoms with Gasteiger partial charge in [0, 0.05) is 23.6 Å². The largest absolute Gasteiger partial charge is 0.357 e. The fourth-order valence-electron chi connectivity index (χ4n) is 2.07. The molecule has 2 nitrogen and oxygen atoms in total. The van der Waals surface area contributed by atoms with E-state index in [-0.39, 0.29) is 0 Å². The second kappa shape index (κ2) is 6.26. The summed E-state index contributed by atoms with van der Waals surface area (Å²) < 4.78 is 0. The zero-order valence-corrected chi connectivity index (χ0v) is 12.2. The van der Waals surface area contributed by atoms with Gasteiger partial charge in [-0.1, -0.05) is 48.2 Å². The highest BCUT2D eigenvalue weighted by Crippen LogP contribution is 2.25. The number of hydrogen-bond donors (Lipinski definition) is 1. The first-order chi connectivity index (χ1) is 9.42. The maximum Gasteiger partial charge on any atom is 0.157 e. The molecule has 1 aromatic heterocycles. The van der Waals surface area contributed by atoms with Crippen molar-refractivity contribution in [3.05, 3.63) is 58.3 Å². The Hall–Kier alpha value is -1.26. The molecule has 4 heteroatoms. The fourth-order valence-corrected chi connectivity index (χ4v) is 3.78. The molecule has 1 aromatic carbocycles. The maximum absolute atomic E-state index is 4.65. The Morgan fingerprint density at radius 3 is 2.84 bits per heavy atom. The normalized spacial score (nSPS) is 20.6. The minimum Gasteiger partial charge on any atom is -0.357 e. The van der Waals surface area contributed by atoms with Crippen LogP contribution in [0, 0.1) is 0 Å². The number of benzene rings is 1. The lowest BCUT2D eigenvalue weighted by atomic mass is 10.1. The number of nitrogens with zero attached hydrogens (tertiary/aromatic N) is 1. The molecular weight excluding hydrogens is 272 g/mol. The van der Waals surface area contributed by atoms with Gasteiger partial charge in [0.2, 0.25) is 0 Å². The SMILES string of the molecule is c1ccc(C2CSC(=NCCc3cccs3)N2)cc1. The highest BCUT2D eigenvalue weighted by molar-refractivity contribution is 8.14. The molecule has 1 saturated heterocycles. The molecule has 2 aromatic rings. The molecule has 0 bridgehead atoms. The van der Waals surface area contributed by atoms with E-state index in [0.717, 1.165) is 23.9 Å². The summed E-state index contributed by atoms with van der Waals surface area (Å²) in [6, 6.07) is 15.3. The standard InChI is InChI=1S/C15H16N2S2/c1-2-5-12(6-3-1)14-11-19-15(17-14)16-9-8-13-7-4-10-18-13/h1-7,10,14H,8-9,11H2,(H,16,17). The summed E-state index contributed by atoms with van der Waals surface area (Å²) in [7, 11) is 0. The smallest absolute Gasteiger partial charge is 0.157 e. The van der Waals surface area contributed by atoms with Gasteiger partial charge in [-0.25, -0.2) is 0 Å². The van der Waals surface area contributed by atoms with Crippen molar-refractivity contribution in [1.82, 2.24) is 5.32 Å². The summed E-state index contributed by atoms with van der Waals surface area (Å²) in [5, 5.41) is 6.71. The number of thioether (sulfide) groups is 1. The number of nitrogens with one attached hydrogen (secondary N) is 1. The summed E-state index contributed by atoms with van der Waals surface area (Å²) in [5.41, 5.74) is 1.35. The average Bonchev–Trinajstić information content (AvgIpc) is 3.11. The summed E-state index contributed by atoms with van der Waals surface area (Å²) in [4.78, 5) is 6.06. The molecule has 0 saturated carbocycles. The molecule has 1 N–H and O–H groups in total. The molecule has 0 aliphatic carbocycles. The molecule has 0 radical (unpaired) electrons. The van der Waals surface area contributed by atoms with Crippen LogP contribution in [0.5, 0.6) is 0 Å². The molecule has 3 rings (SSSR count). The van der Waals surface area contributed by atoms with Crippen molar-refractivity contribution < 1.29 is 0 Å². The van der Waals surface area contributed by atoms with E-state index in [1.165, 1.54) is 10.4 Å². The lowest BCUT2D eigenvalue weighted by molar-refractivity contribution is 0.748. The molecule has 0 amide bonds. The third kappa shape index (κ3) is 3.39. The van der Waals surface area contributed by atoms with Crippen LogP contribution in [0.4, 0.5) is 0 Å². The summed E-state index contributed by atoms with van der Waals surface area (Å²) in [5.74, 6) is 1.07. The van der Waals surface area contributed by atoms with Crippen molar-refractivity contribution in [2.24, 2.45) is 4.99 Å². The van der Waals surface area contributed by atoms with Crippen molar-refractivity contribution in [3.8, 4) is 0 Å². The molecule has 98 valence electrons. The molecule has 1 atom stereocenters. The van der Waals surface area contributed by atoms with Crippen LogP contribution in [0.15, 0.2) is 52.8 Å². The van der Waals surface area contributed by atoms with Gasteiger partial charge in [-0.2, -0.15) is 0 Å². The van der Waals surface area contributed by atoms with Crippen LogP contribution in [-0.2, 0) is 6.42 Å². The number of hydrogen-bond acceptors (Lipinski definition) is 3. The van der Waals surface area contributed by atoms with Crippen molar-refractivity contribution in [2.45, 2.75) is 12.5 Å². The van der Waals surface area contributed by atoms with Gasteiger partial charge in [0.15, 0.2) is 5.17 Å². The van der Waals surface area contributed by atoms with E-state index < -0.39 is 0 Å². The Labute approximate surface area is 122 Å². The molecule has 1 fully saturated rings. The van der Waals surface area contributed by atoms with Crippen LogP contribution in [0.2, 0.25) is 0 Å². The lowest BCUT2D eigenvalue weighted by Crippen LogP contribution is -2.19. The van der Waals surface area contributed by atoms with Gasteiger partial charge in [-0.05, 0) is 17.0 Å². The van der Waals surface area contributed by atoms with Gasteiger partial charge in [-0.3, -0.25) is 4.99 Å². The average molecular weight is 288 g/mol. The Kier molecular flexibility index (Phi) is 4.20. The summed E-state index contributed by atoms with van der Waals surface area (Å²) >= 11 is 3.63. The van der Waals surface area contributed by atoms with Crippen LogP contribution in [0.1, 0.15) is 16.5 Å².